The molecule has 0 saturated heterocycles. The molecule has 10 heteroatoms. The van der Waals surface area contributed by atoms with E-state index in [0.29, 0.717) is 40.9 Å². The molecule has 0 saturated carbocycles. The number of H-pyrrole nitrogens is 1. The Morgan fingerprint density at radius 1 is 1.15 bits per heavy atom. The first-order valence-corrected chi connectivity index (χ1v) is 10.3. The lowest BCUT2D eigenvalue weighted by Crippen LogP contribution is -2.20. The van der Waals surface area contributed by atoms with Crippen LogP contribution in [0.1, 0.15) is 18.2 Å². The molecule has 0 aliphatic heterocycles. The van der Waals surface area contributed by atoms with Crippen LogP contribution >= 0.6 is 0 Å². The minimum absolute atomic E-state index is 0.0839. The number of methoxy groups -OCH3 is 2. The Hall–Kier alpha value is -4.34. The van der Waals surface area contributed by atoms with E-state index in [1.165, 1.54) is 24.1 Å². The molecule has 0 bridgehead atoms. The first-order chi connectivity index (χ1) is 16.0. The van der Waals surface area contributed by atoms with Gasteiger partial charge in [0.2, 0.25) is 11.9 Å². The molecular formula is C23H23N5O5. The van der Waals surface area contributed by atoms with E-state index in [1.807, 2.05) is 6.92 Å². The largest absolute Gasteiger partial charge is 0.493 e. The molecule has 3 aromatic heterocycles. The van der Waals surface area contributed by atoms with Crippen molar-refractivity contribution >= 4 is 11.7 Å². The van der Waals surface area contributed by atoms with Crippen LogP contribution in [0.25, 0.3) is 17.4 Å². The quantitative estimate of drug-likeness (QED) is 0.424. The SMILES string of the molecule is CCc1cc(=O)[nH]c(-n2nc(-c3ccco3)cc2NC(=O)Cc2ccc(OC)c(OC)c2)n1. The van der Waals surface area contributed by atoms with E-state index in [2.05, 4.69) is 20.4 Å². The second-order valence-electron chi connectivity index (χ2n) is 7.13. The van der Waals surface area contributed by atoms with Crippen LogP contribution in [-0.2, 0) is 17.6 Å². The van der Waals surface area contributed by atoms with E-state index >= 15 is 0 Å². The van der Waals surface area contributed by atoms with Gasteiger partial charge in [0.1, 0.15) is 11.5 Å². The number of carbonyl (C=O) groups excluding carboxylic acids is 1. The van der Waals surface area contributed by atoms with Crippen LogP contribution in [-0.4, -0.2) is 39.9 Å². The minimum Gasteiger partial charge on any atom is -0.493 e. The Morgan fingerprint density at radius 3 is 2.67 bits per heavy atom. The van der Waals surface area contributed by atoms with Gasteiger partial charge in [-0.25, -0.2) is 4.98 Å². The van der Waals surface area contributed by atoms with Gasteiger partial charge in [0.05, 0.1) is 26.9 Å². The molecule has 0 fully saturated rings. The average molecular weight is 449 g/mol. The van der Waals surface area contributed by atoms with Crippen molar-refractivity contribution in [1.29, 1.82) is 0 Å². The number of aromatic amines is 1. The molecular weight excluding hydrogens is 426 g/mol. The molecule has 0 unspecified atom stereocenters. The highest BCUT2D eigenvalue weighted by atomic mass is 16.5. The third-order valence-electron chi connectivity index (χ3n) is 4.91. The van der Waals surface area contributed by atoms with Crippen molar-refractivity contribution in [3.05, 3.63) is 70.3 Å². The van der Waals surface area contributed by atoms with Crippen molar-refractivity contribution < 1.29 is 18.7 Å². The highest BCUT2D eigenvalue weighted by Crippen LogP contribution is 2.28. The number of benzene rings is 1. The molecule has 170 valence electrons. The second-order valence-corrected chi connectivity index (χ2v) is 7.13. The zero-order chi connectivity index (χ0) is 23.4. The van der Waals surface area contributed by atoms with Gasteiger partial charge in [-0.3, -0.25) is 14.6 Å². The monoisotopic (exact) mass is 449 g/mol. The first kappa shape index (κ1) is 21.9. The maximum atomic E-state index is 12.9. The Labute approximate surface area is 189 Å². The van der Waals surface area contributed by atoms with Gasteiger partial charge in [-0.05, 0) is 36.2 Å². The fraction of sp³-hybridized carbons (Fsp3) is 0.217. The predicted molar refractivity (Wildman–Crippen MR) is 121 cm³/mol. The lowest BCUT2D eigenvalue weighted by atomic mass is 10.1. The summed E-state index contributed by atoms with van der Waals surface area (Å²) >= 11 is 0. The number of furan rings is 1. The third-order valence-corrected chi connectivity index (χ3v) is 4.91. The number of nitrogens with one attached hydrogen (secondary N) is 2. The normalized spacial score (nSPS) is 10.8. The van der Waals surface area contributed by atoms with Crippen molar-refractivity contribution in [2.24, 2.45) is 0 Å². The van der Waals surface area contributed by atoms with Gasteiger partial charge in [-0.1, -0.05) is 13.0 Å². The summed E-state index contributed by atoms with van der Waals surface area (Å²) in [6.07, 6.45) is 2.19. The van der Waals surface area contributed by atoms with Crippen LogP contribution in [0.4, 0.5) is 5.82 Å². The van der Waals surface area contributed by atoms with Crippen molar-refractivity contribution in [3.8, 4) is 28.9 Å². The van der Waals surface area contributed by atoms with E-state index in [1.54, 1.807) is 43.5 Å². The van der Waals surface area contributed by atoms with E-state index in [-0.39, 0.29) is 23.8 Å². The molecule has 3 heterocycles. The van der Waals surface area contributed by atoms with Gasteiger partial charge in [0.25, 0.3) is 5.56 Å². The summed E-state index contributed by atoms with van der Waals surface area (Å²) in [6, 6.07) is 11.8. The molecule has 33 heavy (non-hydrogen) atoms. The second kappa shape index (κ2) is 9.43. The van der Waals surface area contributed by atoms with Crippen molar-refractivity contribution in [1.82, 2.24) is 19.7 Å². The molecule has 10 nitrogen and oxygen atoms in total. The van der Waals surface area contributed by atoms with Crippen molar-refractivity contribution in [3.63, 3.8) is 0 Å². The topological polar surface area (TPSA) is 124 Å². The standard InChI is InChI=1S/C23H23N5O5/c1-4-15-12-22(30)26-23(24-15)28-20(13-16(27-28)17-6-5-9-33-17)25-21(29)11-14-7-8-18(31-2)19(10-14)32-3/h5-10,12-13H,4,11H2,1-3H3,(H,25,29)(H,24,26,30). The van der Waals surface area contributed by atoms with Gasteiger partial charge in [0.15, 0.2) is 17.3 Å². The van der Waals surface area contributed by atoms with Gasteiger partial charge in [-0.2, -0.15) is 9.78 Å². The number of rotatable bonds is 8. The molecule has 0 atom stereocenters. The van der Waals surface area contributed by atoms with Crippen LogP contribution in [0, 0.1) is 0 Å². The number of nitrogens with zero attached hydrogens (tertiary/aromatic N) is 3. The number of aryl methyl sites for hydroxylation is 1. The molecule has 4 aromatic rings. The smallest absolute Gasteiger partial charge is 0.252 e. The van der Waals surface area contributed by atoms with Gasteiger partial charge in [0, 0.05) is 17.8 Å². The maximum absolute atomic E-state index is 12.9. The summed E-state index contributed by atoms with van der Waals surface area (Å²) in [4.78, 5) is 32.1. The summed E-state index contributed by atoms with van der Waals surface area (Å²) in [5.41, 5.74) is 1.51. The Morgan fingerprint density at radius 2 is 1.97 bits per heavy atom. The molecule has 4 rings (SSSR count). The summed E-state index contributed by atoms with van der Waals surface area (Å²) < 4.78 is 17.4. The van der Waals surface area contributed by atoms with Crippen LogP contribution in [0.15, 0.2) is 57.9 Å². The molecule has 1 aromatic carbocycles. The molecule has 2 N–H and O–H groups in total. The Kier molecular flexibility index (Phi) is 6.25. The summed E-state index contributed by atoms with van der Waals surface area (Å²) in [6.45, 7) is 1.90. The predicted octanol–water partition coefficient (Wildman–Crippen LogP) is 2.98. The van der Waals surface area contributed by atoms with Gasteiger partial charge >= 0.3 is 0 Å². The van der Waals surface area contributed by atoms with E-state index in [4.69, 9.17) is 13.9 Å². The maximum Gasteiger partial charge on any atom is 0.252 e. The van der Waals surface area contributed by atoms with Crippen LogP contribution in [0.3, 0.4) is 0 Å². The Bertz CT molecular complexity index is 1320. The molecule has 0 aliphatic rings. The van der Waals surface area contributed by atoms with Crippen LogP contribution in [0.5, 0.6) is 11.5 Å². The van der Waals surface area contributed by atoms with Crippen molar-refractivity contribution in [2.45, 2.75) is 19.8 Å². The zero-order valence-electron chi connectivity index (χ0n) is 18.4. The van der Waals surface area contributed by atoms with E-state index in [0.717, 1.165) is 5.56 Å². The van der Waals surface area contributed by atoms with Crippen LogP contribution < -0.4 is 20.3 Å². The fourth-order valence-corrected chi connectivity index (χ4v) is 3.31. The summed E-state index contributed by atoms with van der Waals surface area (Å²) in [5.74, 6) is 1.86. The third kappa shape index (κ3) is 4.79. The molecule has 0 radical (unpaired) electrons. The lowest BCUT2D eigenvalue weighted by Gasteiger charge is -2.11. The number of hydrogen-bond donors (Lipinski definition) is 2. The van der Waals surface area contributed by atoms with Gasteiger partial charge in [-0.15, -0.1) is 0 Å². The summed E-state index contributed by atoms with van der Waals surface area (Å²) in [5, 5.41) is 7.34. The zero-order valence-corrected chi connectivity index (χ0v) is 18.4. The van der Waals surface area contributed by atoms with E-state index < -0.39 is 0 Å². The average Bonchev–Trinajstić information content (AvgIpc) is 3.48. The minimum atomic E-state index is -0.311. The van der Waals surface area contributed by atoms with Crippen molar-refractivity contribution in [2.75, 3.05) is 19.5 Å². The number of hydrogen-bond acceptors (Lipinski definition) is 7. The highest BCUT2D eigenvalue weighted by Gasteiger charge is 2.18. The molecule has 1 amide bonds. The number of carbonyl (C=O) groups is 1. The lowest BCUT2D eigenvalue weighted by molar-refractivity contribution is -0.115. The van der Waals surface area contributed by atoms with Crippen LogP contribution in [0.2, 0.25) is 0 Å². The highest BCUT2D eigenvalue weighted by molar-refractivity contribution is 5.92. The molecule has 0 spiro atoms. The first-order valence-electron chi connectivity index (χ1n) is 10.3. The summed E-state index contributed by atoms with van der Waals surface area (Å²) in [7, 11) is 3.09. The van der Waals surface area contributed by atoms with E-state index in [9.17, 15) is 9.59 Å². The fourth-order valence-electron chi connectivity index (χ4n) is 3.31. The van der Waals surface area contributed by atoms with Gasteiger partial charge < -0.3 is 19.2 Å². The number of aromatic nitrogens is 4. The molecule has 0 aliphatic carbocycles. The number of anilines is 1. The Balaban J connectivity index is 1.66. The number of amides is 1. The number of ether oxygens (including phenoxy) is 2.